The van der Waals surface area contributed by atoms with E-state index in [2.05, 4.69) is 15.3 Å². The first-order valence-corrected chi connectivity index (χ1v) is 5.82. The van der Waals surface area contributed by atoms with Crippen molar-refractivity contribution >= 4 is 17.4 Å². The van der Waals surface area contributed by atoms with Gasteiger partial charge in [0, 0.05) is 6.07 Å². The molecule has 0 aliphatic carbocycles. The van der Waals surface area contributed by atoms with E-state index in [0.29, 0.717) is 17.4 Å². The molecule has 0 bridgehead atoms. The number of hydrogen-bond acceptors (Lipinski definition) is 4. The van der Waals surface area contributed by atoms with Crippen LogP contribution in [-0.2, 0) is 0 Å². The van der Waals surface area contributed by atoms with E-state index in [0.717, 1.165) is 12.1 Å². The van der Waals surface area contributed by atoms with Crippen LogP contribution in [0.1, 0.15) is 0 Å². The Hall–Kier alpha value is -1.95. The minimum atomic E-state index is -0.736. The standard InChI is InChI=1S/C12H10ClF2N3O/c13-9-6-16-7-18-12(9)17-3-4-19-11-2-1-8(14)5-10(11)15/h1-2,5-7H,3-4H2,(H,16,17,18). The first kappa shape index (κ1) is 13.5. The fourth-order valence-electron chi connectivity index (χ4n) is 1.37. The minimum Gasteiger partial charge on any atom is -0.489 e. The molecule has 0 aliphatic rings. The summed E-state index contributed by atoms with van der Waals surface area (Å²) in [5.74, 6) is -0.910. The Balaban J connectivity index is 1.83. The van der Waals surface area contributed by atoms with Gasteiger partial charge in [0.1, 0.15) is 29.6 Å². The molecular formula is C12H10ClF2N3O. The summed E-state index contributed by atoms with van der Waals surface area (Å²) in [6, 6.07) is 3.14. The summed E-state index contributed by atoms with van der Waals surface area (Å²) in [4.78, 5) is 7.66. The molecule has 19 heavy (non-hydrogen) atoms. The molecule has 1 N–H and O–H groups in total. The van der Waals surface area contributed by atoms with E-state index in [1.807, 2.05) is 0 Å². The second-order valence-electron chi connectivity index (χ2n) is 3.57. The van der Waals surface area contributed by atoms with Gasteiger partial charge in [-0.3, -0.25) is 0 Å². The molecule has 0 radical (unpaired) electrons. The van der Waals surface area contributed by atoms with Crippen LogP contribution in [0, 0.1) is 11.6 Å². The van der Waals surface area contributed by atoms with Gasteiger partial charge in [-0.15, -0.1) is 0 Å². The number of benzene rings is 1. The second kappa shape index (κ2) is 6.29. The van der Waals surface area contributed by atoms with Gasteiger partial charge in [-0.05, 0) is 12.1 Å². The summed E-state index contributed by atoms with van der Waals surface area (Å²) >= 11 is 5.83. The van der Waals surface area contributed by atoms with Crippen LogP contribution in [0.3, 0.4) is 0 Å². The normalized spacial score (nSPS) is 10.3. The number of nitrogens with one attached hydrogen (secondary N) is 1. The third kappa shape index (κ3) is 3.75. The van der Waals surface area contributed by atoms with Gasteiger partial charge in [0.15, 0.2) is 11.6 Å². The van der Waals surface area contributed by atoms with Crippen molar-refractivity contribution in [3.05, 3.63) is 47.4 Å². The predicted molar refractivity (Wildman–Crippen MR) is 67.4 cm³/mol. The largest absolute Gasteiger partial charge is 0.489 e. The molecule has 4 nitrogen and oxygen atoms in total. The first-order valence-electron chi connectivity index (χ1n) is 5.44. The number of rotatable bonds is 5. The maximum atomic E-state index is 13.2. The molecule has 0 saturated heterocycles. The molecule has 7 heteroatoms. The van der Waals surface area contributed by atoms with Crippen LogP contribution in [0.25, 0.3) is 0 Å². The van der Waals surface area contributed by atoms with E-state index in [9.17, 15) is 8.78 Å². The van der Waals surface area contributed by atoms with Crippen LogP contribution in [0.5, 0.6) is 5.75 Å². The van der Waals surface area contributed by atoms with Crippen LogP contribution in [-0.4, -0.2) is 23.1 Å². The highest BCUT2D eigenvalue weighted by Crippen LogP contribution is 2.18. The van der Waals surface area contributed by atoms with Gasteiger partial charge < -0.3 is 10.1 Å². The molecule has 2 rings (SSSR count). The maximum Gasteiger partial charge on any atom is 0.167 e. The molecule has 0 unspecified atom stereocenters. The highest BCUT2D eigenvalue weighted by molar-refractivity contribution is 6.32. The zero-order chi connectivity index (χ0) is 13.7. The Bertz CT molecular complexity index is 568. The van der Waals surface area contributed by atoms with Gasteiger partial charge in [-0.25, -0.2) is 18.7 Å². The third-order valence-electron chi connectivity index (χ3n) is 2.21. The molecule has 0 atom stereocenters. The maximum absolute atomic E-state index is 13.2. The van der Waals surface area contributed by atoms with Gasteiger partial charge in [0.25, 0.3) is 0 Å². The number of halogens is 3. The van der Waals surface area contributed by atoms with E-state index >= 15 is 0 Å². The number of nitrogens with zero attached hydrogens (tertiary/aromatic N) is 2. The number of aromatic nitrogens is 2. The lowest BCUT2D eigenvalue weighted by atomic mass is 10.3. The summed E-state index contributed by atoms with van der Waals surface area (Å²) in [5, 5.41) is 3.29. The lowest BCUT2D eigenvalue weighted by molar-refractivity contribution is 0.314. The van der Waals surface area contributed by atoms with E-state index < -0.39 is 11.6 Å². The Morgan fingerprint density at radius 3 is 2.89 bits per heavy atom. The number of hydrogen-bond donors (Lipinski definition) is 1. The molecule has 0 fully saturated rings. The summed E-state index contributed by atoms with van der Waals surface area (Å²) in [6.45, 7) is 0.552. The fourth-order valence-corrected chi connectivity index (χ4v) is 1.54. The van der Waals surface area contributed by atoms with E-state index in [-0.39, 0.29) is 12.4 Å². The molecular weight excluding hydrogens is 276 g/mol. The van der Waals surface area contributed by atoms with Gasteiger partial charge in [0.2, 0.25) is 0 Å². The second-order valence-corrected chi connectivity index (χ2v) is 3.98. The van der Waals surface area contributed by atoms with Crippen molar-refractivity contribution in [3.8, 4) is 5.75 Å². The molecule has 0 spiro atoms. The number of anilines is 1. The van der Waals surface area contributed by atoms with Crippen LogP contribution in [0.4, 0.5) is 14.6 Å². The quantitative estimate of drug-likeness (QED) is 0.858. The van der Waals surface area contributed by atoms with Crippen LogP contribution in [0.2, 0.25) is 5.02 Å². The number of ether oxygens (including phenoxy) is 1. The smallest absolute Gasteiger partial charge is 0.167 e. The highest BCUT2D eigenvalue weighted by Gasteiger charge is 2.05. The molecule has 1 aromatic carbocycles. The fraction of sp³-hybridized carbons (Fsp3) is 0.167. The predicted octanol–water partition coefficient (Wildman–Crippen LogP) is 2.90. The molecule has 0 aliphatic heterocycles. The Labute approximate surface area is 113 Å². The topological polar surface area (TPSA) is 47.0 Å². The van der Waals surface area contributed by atoms with Crippen molar-refractivity contribution < 1.29 is 13.5 Å². The Kier molecular flexibility index (Phi) is 4.46. The summed E-state index contributed by atoms with van der Waals surface area (Å²) in [7, 11) is 0. The van der Waals surface area contributed by atoms with Crippen molar-refractivity contribution in [3.63, 3.8) is 0 Å². The monoisotopic (exact) mass is 285 g/mol. The molecule has 1 heterocycles. The van der Waals surface area contributed by atoms with Gasteiger partial charge in [0.05, 0.1) is 12.7 Å². The molecule has 2 aromatic rings. The lowest BCUT2D eigenvalue weighted by Crippen LogP contribution is -2.13. The first-order chi connectivity index (χ1) is 9.16. The average Bonchev–Trinajstić information content (AvgIpc) is 2.38. The summed E-state index contributed by atoms with van der Waals surface area (Å²) in [6.07, 6.45) is 2.81. The molecule has 100 valence electrons. The van der Waals surface area contributed by atoms with E-state index in [4.69, 9.17) is 16.3 Å². The van der Waals surface area contributed by atoms with Crippen LogP contribution in [0.15, 0.2) is 30.7 Å². The van der Waals surface area contributed by atoms with Crippen molar-refractivity contribution in [2.75, 3.05) is 18.5 Å². The zero-order valence-electron chi connectivity index (χ0n) is 9.74. The third-order valence-corrected chi connectivity index (χ3v) is 2.49. The minimum absolute atomic E-state index is 0.00279. The van der Waals surface area contributed by atoms with Crippen molar-refractivity contribution in [2.24, 2.45) is 0 Å². The van der Waals surface area contributed by atoms with Crippen LogP contribution < -0.4 is 10.1 Å². The van der Waals surface area contributed by atoms with Gasteiger partial charge >= 0.3 is 0 Å². The summed E-state index contributed by atoms with van der Waals surface area (Å²) in [5.41, 5.74) is 0. The Morgan fingerprint density at radius 2 is 2.16 bits per heavy atom. The van der Waals surface area contributed by atoms with Crippen molar-refractivity contribution in [2.45, 2.75) is 0 Å². The zero-order valence-corrected chi connectivity index (χ0v) is 10.5. The SMILES string of the molecule is Fc1ccc(OCCNc2ncncc2Cl)c(F)c1. The highest BCUT2D eigenvalue weighted by atomic mass is 35.5. The molecule has 0 amide bonds. The van der Waals surface area contributed by atoms with Crippen molar-refractivity contribution in [1.82, 2.24) is 9.97 Å². The molecule has 1 aromatic heterocycles. The van der Waals surface area contributed by atoms with Gasteiger partial charge in [-0.1, -0.05) is 11.6 Å². The molecule has 0 saturated carbocycles. The van der Waals surface area contributed by atoms with E-state index in [1.54, 1.807) is 0 Å². The van der Waals surface area contributed by atoms with Crippen molar-refractivity contribution in [1.29, 1.82) is 0 Å². The summed E-state index contributed by atoms with van der Waals surface area (Å²) < 4.78 is 31.1. The van der Waals surface area contributed by atoms with E-state index in [1.165, 1.54) is 18.6 Å². The lowest BCUT2D eigenvalue weighted by Gasteiger charge is -2.09. The van der Waals surface area contributed by atoms with Crippen LogP contribution >= 0.6 is 11.6 Å². The average molecular weight is 286 g/mol. The Morgan fingerprint density at radius 1 is 1.32 bits per heavy atom. The van der Waals surface area contributed by atoms with Gasteiger partial charge in [-0.2, -0.15) is 0 Å².